The zero-order chi connectivity index (χ0) is 12.8. The Morgan fingerprint density at radius 3 is 2.76 bits per heavy atom. The summed E-state index contributed by atoms with van der Waals surface area (Å²) >= 11 is 0. The van der Waals surface area contributed by atoms with Crippen molar-refractivity contribution in [2.24, 2.45) is 5.92 Å². The van der Waals surface area contributed by atoms with Gasteiger partial charge in [0.15, 0.2) is 0 Å². The van der Waals surface area contributed by atoms with Gasteiger partial charge in [-0.2, -0.15) is 4.98 Å². The summed E-state index contributed by atoms with van der Waals surface area (Å²) in [6, 6.07) is 1.63. The molecule has 5 heteroatoms. The first-order valence-electron chi connectivity index (χ1n) is 5.73. The molecule has 1 unspecified atom stereocenters. The van der Waals surface area contributed by atoms with Crippen molar-refractivity contribution in [2.45, 2.75) is 33.1 Å². The van der Waals surface area contributed by atoms with Gasteiger partial charge in [0.25, 0.3) is 0 Å². The molecule has 0 amide bonds. The minimum absolute atomic E-state index is 0.274. The molecule has 0 aromatic carbocycles. The molecule has 0 fully saturated rings. The summed E-state index contributed by atoms with van der Waals surface area (Å²) in [7, 11) is 0. The van der Waals surface area contributed by atoms with Gasteiger partial charge in [0.2, 0.25) is 5.88 Å². The van der Waals surface area contributed by atoms with E-state index in [1.165, 1.54) is 6.20 Å². The normalized spacial score (nSPS) is 12.5. The lowest BCUT2D eigenvalue weighted by molar-refractivity contribution is -0.139. The van der Waals surface area contributed by atoms with Gasteiger partial charge in [-0.05, 0) is 19.3 Å². The van der Waals surface area contributed by atoms with Crippen LogP contribution >= 0.6 is 0 Å². The first-order valence-corrected chi connectivity index (χ1v) is 5.73. The maximum Gasteiger partial charge on any atom is 0.314 e. The lowest BCUT2D eigenvalue weighted by Gasteiger charge is -2.13. The molecule has 0 radical (unpaired) electrons. The van der Waals surface area contributed by atoms with Crippen LogP contribution in [0.3, 0.4) is 0 Å². The second-order valence-electron chi connectivity index (χ2n) is 4.21. The molecule has 17 heavy (non-hydrogen) atoms. The second-order valence-corrected chi connectivity index (χ2v) is 4.21. The van der Waals surface area contributed by atoms with Crippen LogP contribution in [0.15, 0.2) is 12.3 Å². The zero-order valence-corrected chi connectivity index (χ0v) is 10.4. The second kappa shape index (κ2) is 6.18. The SMILES string of the molecule is CCOc1ccnc(C(CC(C)C)C(=O)O)n1. The van der Waals surface area contributed by atoms with Gasteiger partial charge in [-0.3, -0.25) is 4.79 Å². The summed E-state index contributed by atoms with van der Waals surface area (Å²) in [5.74, 6) is -0.553. The number of ether oxygens (including phenoxy) is 1. The molecule has 1 aromatic rings. The third-order valence-corrected chi connectivity index (χ3v) is 2.26. The van der Waals surface area contributed by atoms with Gasteiger partial charge in [-0.15, -0.1) is 0 Å². The predicted octanol–water partition coefficient (Wildman–Crippen LogP) is 2.09. The smallest absolute Gasteiger partial charge is 0.314 e. The Morgan fingerprint density at radius 2 is 2.24 bits per heavy atom. The molecule has 1 rings (SSSR count). The molecular formula is C12H18N2O3. The van der Waals surface area contributed by atoms with Gasteiger partial charge in [0, 0.05) is 12.3 Å². The summed E-state index contributed by atoms with van der Waals surface area (Å²) in [5, 5.41) is 9.18. The van der Waals surface area contributed by atoms with E-state index in [2.05, 4.69) is 9.97 Å². The molecule has 0 saturated carbocycles. The number of hydrogen-bond donors (Lipinski definition) is 1. The van der Waals surface area contributed by atoms with E-state index < -0.39 is 11.9 Å². The minimum atomic E-state index is -0.896. The molecule has 1 N–H and O–H groups in total. The molecule has 0 aliphatic carbocycles. The fraction of sp³-hybridized carbons (Fsp3) is 0.583. The van der Waals surface area contributed by atoms with Gasteiger partial charge in [-0.25, -0.2) is 4.98 Å². The summed E-state index contributed by atoms with van der Waals surface area (Å²) in [4.78, 5) is 19.3. The monoisotopic (exact) mass is 238 g/mol. The van der Waals surface area contributed by atoms with Crippen molar-refractivity contribution in [3.63, 3.8) is 0 Å². The first kappa shape index (κ1) is 13.4. The minimum Gasteiger partial charge on any atom is -0.481 e. The maximum atomic E-state index is 11.2. The summed E-state index contributed by atoms with van der Waals surface area (Å²) in [6.07, 6.45) is 2.05. The molecule has 1 heterocycles. The largest absolute Gasteiger partial charge is 0.481 e. The van der Waals surface area contributed by atoms with Crippen LogP contribution in [0.1, 0.15) is 38.9 Å². The zero-order valence-electron chi connectivity index (χ0n) is 10.4. The van der Waals surface area contributed by atoms with E-state index >= 15 is 0 Å². The van der Waals surface area contributed by atoms with Gasteiger partial charge in [0.05, 0.1) is 6.61 Å². The van der Waals surface area contributed by atoms with E-state index in [0.717, 1.165) is 0 Å². The lowest BCUT2D eigenvalue weighted by Crippen LogP contribution is -2.17. The van der Waals surface area contributed by atoms with Gasteiger partial charge in [0.1, 0.15) is 11.7 Å². The number of hydrogen-bond acceptors (Lipinski definition) is 4. The van der Waals surface area contributed by atoms with Crippen LogP contribution in [0.25, 0.3) is 0 Å². The van der Waals surface area contributed by atoms with Crippen molar-refractivity contribution in [3.05, 3.63) is 18.1 Å². The Hall–Kier alpha value is -1.65. The number of carboxylic acids is 1. The summed E-state index contributed by atoms with van der Waals surface area (Å²) in [5.41, 5.74) is 0. The van der Waals surface area contributed by atoms with Crippen molar-refractivity contribution in [3.8, 4) is 5.88 Å². The highest BCUT2D eigenvalue weighted by molar-refractivity contribution is 5.74. The van der Waals surface area contributed by atoms with Crippen molar-refractivity contribution in [2.75, 3.05) is 6.61 Å². The number of rotatable bonds is 6. The highest BCUT2D eigenvalue weighted by Crippen LogP contribution is 2.22. The fourth-order valence-electron chi connectivity index (χ4n) is 1.54. The van der Waals surface area contributed by atoms with Crippen LogP contribution in [0.2, 0.25) is 0 Å². The van der Waals surface area contributed by atoms with Crippen LogP contribution in [-0.4, -0.2) is 27.7 Å². The van der Waals surface area contributed by atoms with Crippen LogP contribution in [0.4, 0.5) is 0 Å². The molecule has 0 bridgehead atoms. The van der Waals surface area contributed by atoms with Crippen LogP contribution in [0, 0.1) is 5.92 Å². The van der Waals surface area contributed by atoms with E-state index in [9.17, 15) is 9.90 Å². The Kier molecular flexibility index (Phi) is 4.87. The standard InChI is InChI=1S/C12H18N2O3/c1-4-17-10-5-6-13-11(14-10)9(12(15)16)7-8(2)3/h5-6,8-9H,4,7H2,1-3H3,(H,15,16). The number of aromatic nitrogens is 2. The number of aliphatic carboxylic acids is 1. The van der Waals surface area contributed by atoms with Gasteiger partial charge < -0.3 is 9.84 Å². The Morgan fingerprint density at radius 1 is 1.53 bits per heavy atom. The van der Waals surface area contributed by atoms with E-state index in [0.29, 0.717) is 24.7 Å². The number of nitrogens with zero attached hydrogens (tertiary/aromatic N) is 2. The molecule has 0 spiro atoms. The third-order valence-electron chi connectivity index (χ3n) is 2.26. The molecule has 5 nitrogen and oxygen atoms in total. The van der Waals surface area contributed by atoms with Crippen LogP contribution in [0.5, 0.6) is 5.88 Å². The Balaban J connectivity index is 2.93. The molecule has 94 valence electrons. The molecule has 0 saturated heterocycles. The average Bonchev–Trinajstić information content (AvgIpc) is 2.26. The maximum absolute atomic E-state index is 11.2. The summed E-state index contributed by atoms with van der Waals surface area (Å²) < 4.78 is 5.24. The van der Waals surface area contributed by atoms with Crippen LogP contribution < -0.4 is 4.74 Å². The van der Waals surface area contributed by atoms with Crippen molar-refractivity contribution in [1.82, 2.24) is 9.97 Å². The lowest BCUT2D eigenvalue weighted by atomic mass is 9.96. The Labute approximate surface area is 101 Å². The number of carbonyl (C=O) groups is 1. The van der Waals surface area contributed by atoms with Crippen molar-refractivity contribution in [1.29, 1.82) is 0 Å². The molecule has 0 aliphatic rings. The predicted molar refractivity (Wildman–Crippen MR) is 63.0 cm³/mol. The Bertz CT molecular complexity index is 380. The van der Waals surface area contributed by atoms with Crippen molar-refractivity contribution < 1.29 is 14.6 Å². The highest BCUT2D eigenvalue weighted by Gasteiger charge is 2.24. The van der Waals surface area contributed by atoms with E-state index in [1.807, 2.05) is 20.8 Å². The van der Waals surface area contributed by atoms with E-state index in [-0.39, 0.29) is 5.92 Å². The number of carboxylic acid groups (broad SMARTS) is 1. The molecule has 1 atom stereocenters. The van der Waals surface area contributed by atoms with Gasteiger partial charge >= 0.3 is 5.97 Å². The quantitative estimate of drug-likeness (QED) is 0.821. The topological polar surface area (TPSA) is 72.3 Å². The van der Waals surface area contributed by atoms with Gasteiger partial charge in [-0.1, -0.05) is 13.8 Å². The highest BCUT2D eigenvalue weighted by atomic mass is 16.5. The molecule has 0 aliphatic heterocycles. The average molecular weight is 238 g/mol. The first-order chi connectivity index (χ1) is 8.04. The van der Waals surface area contributed by atoms with Crippen LogP contribution in [-0.2, 0) is 4.79 Å². The van der Waals surface area contributed by atoms with E-state index in [1.54, 1.807) is 6.07 Å². The third kappa shape index (κ3) is 4.01. The van der Waals surface area contributed by atoms with E-state index in [4.69, 9.17) is 4.74 Å². The summed E-state index contributed by atoms with van der Waals surface area (Å²) in [6.45, 7) is 6.30. The molecular weight excluding hydrogens is 220 g/mol. The fourth-order valence-corrected chi connectivity index (χ4v) is 1.54. The van der Waals surface area contributed by atoms with Crippen molar-refractivity contribution >= 4 is 5.97 Å². The molecule has 1 aromatic heterocycles.